The lowest BCUT2D eigenvalue weighted by atomic mass is 9.95. The fraction of sp³-hybridized carbons (Fsp3) is 0.300. The lowest BCUT2D eigenvalue weighted by Crippen LogP contribution is -2.44. The van der Waals surface area contributed by atoms with Crippen molar-refractivity contribution in [2.45, 2.75) is 37.5 Å². The summed E-state index contributed by atoms with van der Waals surface area (Å²) in [5.74, 6) is -1.45. The molecule has 33 heavy (non-hydrogen) atoms. The maximum absolute atomic E-state index is 14.8. The van der Waals surface area contributed by atoms with Crippen LogP contribution in [0.1, 0.15) is 35.0 Å². The van der Waals surface area contributed by atoms with Crippen molar-refractivity contribution < 1.29 is 26.7 Å². The SMILES string of the molecule is O=C(Nc1cc(Cl)c(-c2nnc(C(F)(F)F)s2)cc1F)N1[C@H]2CC[C@@H]1c1ccnc(F)c1C2. The summed E-state index contributed by atoms with van der Waals surface area (Å²) in [5.41, 5.74) is 0.857. The zero-order chi connectivity index (χ0) is 23.5. The number of alkyl halides is 3. The Morgan fingerprint density at radius 1 is 1.21 bits per heavy atom. The van der Waals surface area contributed by atoms with E-state index in [2.05, 4.69) is 20.5 Å². The molecule has 3 aromatic rings. The van der Waals surface area contributed by atoms with Crippen LogP contribution in [-0.4, -0.2) is 32.2 Å². The molecule has 2 bridgehead atoms. The van der Waals surface area contributed by atoms with Gasteiger partial charge in [0, 0.05) is 23.4 Å². The van der Waals surface area contributed by atoms with Gasteiger partial charge < -0.3 is 10.2 Å². The number of hydrogen-bond acceptors (Lipinski definition) is 5. The fourth-order valence-corrected chi connectivity index (χ4v) is 5.41. The third kappa shape index (κ3) is 3.80. The molecule has 0 saturated carbocycles. The standard InChI is InChI=1S/C20H13ClF5N5OS/c21-12-7-14(13(22)6-11(12)17-29-30-18(33-17)20(24,25)26)28-19(32)31-8-1-2-15(31)9-3-4-27-16(23)10(9)5-8/h3-4,6-8,15H,1-2,5H2,(H,28,32)/t8-,15+/m0/s1. The van der Waals surface area contributed by atoms with Gasteiger partial charge in [-0.3, -0.25) is 0 Å². The fourth-order valence-electron chi connectivity index (χ4n) is 4.36. The van der Waals surface area contributed by atoms with Crippen LogP contribution < -0.4 is 5.32 Å². The van der Waals surface area contributed by atoms with Crippen LogP contribution in [0.25, 0.3) is 10.6 Å². The topological polar surface area (TPSA) is 71.0 Å². The Bertz CT molecular complexity index is 1270. The van der Waals surface area contributed by atoms with Crippen LogP contribution in [-0.2, 0) is 12.6 Å². The molecule has 1 saturated heterocycles. The van der Waals surface area contributed by atoms with Gasteiger partial charge in [-0.1, -0.05) is 22.9 Å². The molecule has 2 atom stereocenters. The second kappa shape index (κ2) is 7.87. The maximum Gasteiger partial charge on any atom is 0.445 e. The van der Waals surface area contributed by atoms with Crippen molar-refractivity contribution in [3.8, 4) is 10.6 Å². The number of fused-ring (bicyclic) bond motifs is 4. The Balaban J connectivity index is 1.40. The van der Waals surface area contributed by atoms with E-state index >= 15 is 0 Å². The van der Waals surface area contributed by atoms with E-state index in [4.69, 9.17) is 11.6 Å². The monoisotopic (exact) mass is 501 g/mol. The molecule has 0 spiro atoms. The highest BCUT2D eigenvalue weighted by atomic mass is 35.5. The van der Waals surface area contributed by atoms with Crippen molar-refractivity contribution in [2.24, 2.45) is 0 Å². The van der Waals surface area contributed by atoms with Gasteiger partial charge in [0.1, 0.15) is 10.8 Å². The first-order valence-electron chi connectivity index (χ1n) is 9.76. The van der Waals surface area contributed by atoms with Gasteiger partial charge >= 0.3 is 12.2 Å². The van der Waals surface area contributed by atoms with Crippen LogP contribution in [0.2, 0.25) is 5.02 Å². The number of hydrogen-bond donors (Lipinski definition) is 1. The summed E-state index contributed by atoms with van der Waals surface area (Å²) in [6.07, 6.45) is -1.74. The number of aromatic nitrogens is 3. The number of urea groups is 1. The van der Waals surface area contributed by atoms with Gasteiger partial charge in [-0.15, -0.1) is 10.2 Å². The molecule has 2 aromatic heterocycles. The molecular formula is C20H13ClF5N5OS. The first-order valence-corrected chi connectivity index (χ1v) is 11.0. The summed E-state index contributed by atoms with van der Waals surface area (Å²) < 4.78 is 67.2. The zero-order valence-corrected chi connectivity index (χ0v) is 18.0. The minimum atomic E-state index is -4.68. The Morgan fingerprint density at radius 3 is 2.73 bits per heavy atom. The van der Waals surface area contributed by atoms with Crippen molar-refractivity contribution in [1.29, 1.82) is 0 Å². The van der Waals surface area contributed by atoms with E-state index in [1.165, 1.54) is 6.20 Å². The second-order valence-corrected chi connectivity index (χ2v) is 9.06. The summed E-state index contributed by atoms with van der Waals surface area (Å²) in [4.78, 5) is 18.2. The summed E-state index contributed by atoms with van der Waals surface area (Å²) in [6.45, 7) is 0. The number of rotatable bonds is 2. The Morgan fingerprint density at radius 2 is 2.00 bits per heavy atom. The summed E-state index contributed by atoms with van der Waals surface area (Å²) in [7, 11) is 0. The van der Waals surface area contributed by atoms with Gasteiger partial charge in [0.2, 0.25) is 11.0 Å². The molecule has 0 unspecified atom stereocenters. The molecule has 1 N–H and O–H groups in total. The van der Waals surface area contributed by atoms with Crippen molar-refractivity contribution in [2.75, 3.05) is 5.32 Å². The minimum Gasteiger partial charge on any atom is -0.314 e. The molecule has 13 heteroatoms. The minimum absolute atomic E-state index is 0.0740. The van der Waals surface area contributed by atoms with Gasteiger partial charge in [0.05, 0.1) is 16.8 Å². The number of nitrogens with one attached hydrogen (secondary N) is 1. The van der Waals surface area contributed by atoms with Crippen LogP contribution in [0, 0.1) is 11.8 Å². The highest BCUT2D eigenvalue weighted by Gasteiger charge is 2.44. The molecule has 1 fully saturated rings. The lowest BCUT2D eigenvalue weighted by molar-refractivity contribution is -0.138. The number of anilines is 1. The Kier molecular flexibility index (Phi) is 5.24. The van der Waals surface area contributed by atoms with E-state index in [1.54, 1.807) is 11.0 Å². The van der Waals surface area contributed by atoms with Gasteiger partial charge in [-0.05, 0) is 43.0 Å². The smallest absolute Gasteiger partial charge is 0.314 e. The lowest BCUT2D eigenvalue weighted by Gasteiger charge is -2.36. The van der Waals surface area contributed by atoms with E-state index in [-0.39, 0.29) is 44.7 Å². The van der Waals surface area contributed by atoms with Gasteiger partial charge in [0.15, 0.2) is 0 Å². The van der Waals surface area contributed by atoms with Crippen LogP contribution in [0.15, 0.2) is 24.4 Å². The third-order valence-corrected chi connectivity index (χ3v) is 7.09. The maximum atomic E-state index is 14.8. The number of carbonyl (C=O) groups is 1. The van der Waals surface area contributed by atoms with E-state index in [0.717, 1.165) is 12.1 Å². The molecule has 1 aromatic carbocycles. The third-order valence-electron chi connectivity index (χ3n) is 5.77. The number of halogens is 6. The second-order valence-electron chi connectivity index (χ2n) is 7.68. The van der Waals surface area contributed by atoms with Gasteiger partial charge in [0.25, 0.3) is 0 Å². The zero-order valence-electron chi connectivity index (χ0n) is 16.5. The Hall–Kier alpha value is -2.86. The molecule has 2 amide bonds. The number of pyridine rings is 1. The first-order chi connectivity index (χ1) is 15.6. The van der Waals surface area contributed by atoms with Crippen LogP contribution in [0.4, 0.5) is 32.4 Å². The molecule has 5 rings (SSSR count). The van der Waals surface area contributed by atoms with Crippen molar-refractivity contribution in [3.05, 3.63) is 57.3 Å². The average molecular weight is 502 g/mol. The Labute approximate surface area is 192 Å². The number of amides is 2. The van der Waals surface area contributed by atoms with Gasteiger partial charge in [-0.2, -0.15) is 17.6 Å². The summed E-state index contributed by atoms with van der Waals surface area (Å²) >= 11 is 6.39. The van der Waals surface area contributed by atoms with Crippen LogP contribution in [0.5, 0.6) is 0 Å². The van der Waals surface area contributed by atoms with E-state index in [1.807, 2.05) is 0 Å². The highest BCUT2D eigenvalue weighted by Crippen LogP contribution is 2.44. The molecule has 2 aliphatic heterocycles. The van der Waals surface area contributed by atoms with Crippen LogP contribution in [0.3, 0.4) is 0 Å². The predicted molar refractivity (Wildman–Crippen MR) is 110 cm³/mol. The number of nitrogens with zero attached hydrogens (tertiary/aromatic N) is 4. The molecule has 0 aliphatic carbocycles. The average Bonchev–Trinajstić information content (AvgIpc) is 3.36. The van der Waals surface area contributed by atoms with Crippen molar-refractivity contribution in [1.82, 2.24) is 20.1 Å². The highest BCUT2D eigenvalue weighted by molar-refractivity contribution is 7.14. The number of benzene rings is 1. The van der Waals surface area contributed by atoms with Crippen molar-refractivity contribution >= 4 is 34.7 Å². The molecule has 4 heterocycles. The van der Waals surface area contributed by atoms with Crippen molar-refractivity contribution in [3.63, 3.8) is 0 Å². The quantitative estimate of drug-likeness (QED) is 0.353. The van der Waals surface area contributed by atoms with Gasteiger partial charge in [-0.25, -0.2) is 14.2 Å². The van der Waals surface area contributed by atoms with E-state index in [9.17, 15) is 26.7 Å². The summed E-state index contributed by atoms with van der Waals surface area (Å²) in [6, 6.07) is 2.48. The van der Waals surface area contributed by atoms with E-state index < -0.39 is 29.0 Å². The molecule has 0 radical (unpaired) electrons. The molecule has 2 aliphatic rings. The largest absolute Gasteiger partial charge is 0.445 e. The molecular weight excluding hydrogens is 489 g/mol. The summed E-state index contributed by atoms with van der Waals surface area (Å²) in [5, 5.41) is 7.51. The molecule has 172 valence electrons. The normalized spacial score (nSPS) is 19.5. The first kappa shape index (κ1) is 22.0. The predicted octanol–water partition coefficient (Wildman–Crippen LogP) is 5.84. The van der Waals surface area contributed by atoms with Crippen LogP contribution >= 0.6 is 22.9 Å². The van der Waals surface area contributed by atoms with E-state index in [0.29, 0.717) is 30.4 Å². The molecule has 6 nitrogen and oxygen atoms in total. The number of carbonyl (C=O) groups excluding carboxylic acids is 1.